The van der Waals surface area contributed by atoms with E-state index in [0.717, 1.165) is 12.1 Å². The summed E-state index contributed by atoms with van der Waals surface area (Å²) in [7, 11) is 0. The van der Waals surface area contributed by atoms with Gasteiger partial charge < -0.3 is 15.2 Å². The summed E-state index contributed by atoms with van der Waals surface area (Å²) in [6.07, 6.45) is 2.18. The first-order valence-electron chi connectivity index (χ1n) is 6.00. The average molecular weight is 292 g/mol. The fourth-order valence-electron chi connectivity index (χ4n) is 1.42. The molecular formula is C14H13FN2O4. The first kappa shape index (κ1) is 16.2. The maximum atomic E-state index is 13.7. The first-order valence-corrected chi connectivity index (χ1v) is 6.00. The Kier molecular flexibility index (Phi) is 6.41. The monoisotopic (exact) mass is 292 g/mol. The number of hydrogen-bond acceptors (Lipinski definition) is 4. The lowest BCUT2D eigenvalue weighted by molar-refractivity contribution is -0.131. The Hall–Kier alpha value is -2.88. The van der Waals surface area contributed by atoms with Gasteiger partial charge in [-0.3, -0.25) is 4.79 Å². The number of ether oxygens (including phenoxy) is 1. The minimum atomic E-state index is -1.18. The van der Waals surface area contributed by atoms with Crippen molar-refractivity contribution in [1.29, 1.82) is 5.26 Å². The van der Waals surface area contributed by atoms with Crippen LogP contribution in [0.25, 0.3) is 6.08 Å². The van der Waals surface area contributed by atoms with Gasteiger partial charge in [-0.25, -0.2) is 9.18 Å². The zero-order chi connectivity index (χ0) is 15.7. The summed E-state index contributed by atoms with van der Waals surface area (Å²) in [6, 6.07) is 5.87. The minimum absolute atomic E-state index is 0.165. The Bertz CT molecular complexity index is 593. The molecule has 0 aromatic heterocycles. The third-order valence-electron chi connectivity index (χ3n) is 2.31. The largest absolute Gasteiger partial charge is 0.480 e. The molecule has 7 heteroatoms. The van der Waals surface area contributed by atoms with Gasteiger partial charge in [0.1, 0.15) is 0 Å². The van der Waals surface area contributed by atoms with E-state index < -0.39 is 24.3 Å². The second kappa shape index (κ2) is 8.32. The maximum absolute atomic E-state index is 13.7. The smallest absolute Gasteiger partial charge is 0.328 e. The molecule has 0 bridgehead atoms. The number of halogens is 1. The Balaban J connectivity index is 2.72. The van der Waals surface area contributed by atoms with E-state index >= 15 is 0 Å². The molecule has 0 fully saturated rings. The fourth-order valence-corrected chi connectivity index (χ4v) is 1.42. The van der Waals surface area contributed by atoms with Gasteiger partial charge in [0.15, 0.2) is 18.2 Å². The third kappa shape index (κ3) is 5.74. The number of nitrogens with zero attached hydrogens (tertiary/aromatic N) is 1. The number of carbonyl (C=O) groups excluding carboxylic acids is 1. The highest BCUT2D eigenvalue weighted by atomic mass is 19.1. The van der Waals surface area contributed by atoms with Gasteiger partial charge in [-0.05, 0) is 12.1 Å². The van der Waals surface area contributed by atoms with Crippen molar-refractivity contribution in [1.82, 2.24) is 5.32 Å². The van der Waals surface area contributed by atoms with Gasteiger partial charge in [-0.15, -0.1) is 0 Å². The maximum Gasteiger partial charge on any atom is 0.328 e. The highest BCUT2D eigenvalue weighted by Crippen LogP contribution is 2.23. The molecule has 0 saturated heterocycles. The third-order valence-corrected chi connectivity index (χ3v) is 2.31. The summed E-state index contributed by atoms with van der Waals surface area (Å²) in [6.45, 7) is -0.248. The lowest BCUT2D eigenvalue weighted by Crippen LogP contribution is -2.29. The number of nitriles is 1. The van der Waals surface area contributed by atoms with Crippen molar-refractivity contribution in [2.75, 3.05) is 13.2 Å². The number of carboxylic acids is 1. The van der Waals surface area contributed by atoms with Crippen LogP contribution in [0.5, 0.6) is 5.75 Å². The van der Waals surface area contributed by atoms with Gasteiger partial charge in [0.25, 0.3) is 5.91 Å². The van der Waals surface area contributed by atoms with E-state index in [1.54, 1.807) is 0 Å². The quantitative estimate of drug-likeness (QED) is 0.583. The standard InChI is InChI=1S/C14H13FN2O4/c15-11-4-1-3-10(5-6-13(19)20)14(11)21-9-12(18)17-8-2-7-16/h1,3-6H,2,8-9H2,(H,17,18)(H,19,20)/b6-5+. The number of carboxylic acid groups (broad SMARTS) is 1. The molecule has 1 rings (SSSR count). The van der Waals surface area contributed by atoms with Gasteiger partial charge in [0.2, 0.25) is 0 Å². The van der Waals surface area contributed by atoms with E-state index in [1.807, 2.05) is 6.07 Å². The van der Waals surface area contributed by atoms with Crippen LogP contribution in [0.4, 0.5) is 4.39 Å². The number of amides is 1. The molecule has 0 aliphatic carbocycles. The summed E-state index contributed by atoms with van der Waals surface area (Å²) in [4.78, 5) is 21.9. The zero-order valence-corrected chi connectivity index (χ0v) is 11.0. The first-order chi connectivity index (χ1) is 10.0. The molecule has 21 heavy (non-hydrogen) atoms. The number of para-hydroxylation sites is 1. The number of aliphatic carboxylic acids is 1. The van der Waals surface area contributed by atoms with Gasteiger partial charge in [-0.1, -0.05) is 12.1 Å². The lowest BCUT2D eigenvalue weighted by Gasteiger charge is -2.10. The number of carbonyl (C=O) groups is 2. The number of nitrogens with one attached hydrogen (secondary N) is 1. The second-order valence-electron chi connectivity index (χ2n) is 3.88. The molecule has 110 valence electrons. The van der Waals surface area contributed by atoms with Crippen molar-refractivity contribution in [3.05, 3.63) is 35.7 Å². The number of rotatable bonds is 7. The molecule has 1 amide bonds. The molecule has 1 aromatic rings. The molecule has 0 atom stereocenters. The van der Waals surface area contributed by atoms with Crippen molar-refractivity contribution in [2.45, 2.75) is 6.42 Å². The van der Waals surface area contributed by atoms with Crippen LogP contribution in [-0.2, 0) is 9.59 Å². The topological polar surface area (TPSA) is 99.4 Å². The molecule has 1 aromatic carbocycles. The van der Waals surface area contributed by atoms with Crippen LogP contribution in [0.3, 0.4) is 0 Å². The summed E-state index contributed by atoms with van der Waals surface area (Å²) < 4.78 is 18.7. The van der Waals surface area contributed by atoms with Gasteiger partial charge in [-0.2, -0.15) is 5.26 Å². The van der Waals surface area contributed by atoms with E-state index in [9.17, 15) is 14.0 Å². The molecule has 0 heterocycles. The summed E-state index contributed by atoms with van der Waals surface area (Å²) in [5.74, 6) is -2.58. The van der Waals surface area contributed by atoms with Crippen LogP contribution in [0.15, 0.2) is 24.3 Å². The van der Waals surface area contributed by atoms with Crippen LogP contribution < -0.4 is 10.1 Å². The lowest BCUT2D eigenvalue weighted by atomic mass is 10.2. The van der Waals surface area contributed by atoms with E-state index in [4.69, 9.17) is 15.1 Å². The van der Waals surface area contributed by atoms with E-state index in [-0.39, 0.29) is 24.3 Å². The Morgan fingerprint density at radius 1 is 1.48 bits per heavy atom. The predicted molar refractivity (Wildman–Crippen MR) is 71.8 cm³/mol. The molecule has 2 N–H and O–H groups in total. The Labute approximate surface area is 120 Å². The highest BCUT2D eigenvalue weighted by molar-refractivity contribution is 5.86. The second-order valence-corrected chi connectivity index (χ2v) is 3.88. The van der Waals surface area contributed by atoms with E-state index in [1.165, 1.54) is 18.2 Å². The zero-order valence-electron chi connectivity index (χ0n) is 11.0. The van der Waals surface area contributed by atoms with Crippen LogP contribution in [0.2, 0.25) is 0 Å². The van der Waals surface area contributed by atoms with Gasteiger partial charge >= 0.3 is 5.97 Å². The SMILES string of the molecule is N#CCCNC(=O)COc1c(F)cccc1/C=C/C(=O)O. The van der Waals surface area contributed by atoms with Gasteiger partial charge in [0, 0.05) is 18.2 Å². The normalized spacial score (nSPS) is 10.1. The predicted octanol–water partition coefficient (Wildman–Crippen LogP) is 1.33. The molecule has 0 unspecified atom stereocenters. The molecule has 6 nitrogen and oxygen atoms in total. The molecule has 0 spiro atoms. The summed E-state index contributed by atoms with van der Waals surface area (Å²) >= 11 is 0. The van der Waals surface area contributed by atoms with Crippen LogP contribution in [-0.4, -0.2) is 30.1 Å². The molecule has 0 aliphatic rings. The van der Waals surface area contributed by atoms with Crippen molar-refractivity contribution in [3.63, 3.8) is 0 Å². The fraction of sp³-hybridized carbons (Fsp3) is 0.214. The highest BCUT2D eigenvalue weighted by Gasteiger charge is 2.10. The van der Waals surface area contributed by atoms with Crippen molar-refractivity contribution in [3.8, 4) is 11.8 Å². The summed E-state index contributed by atoms with van der Waals surface area (Å²) in [5, 5.41) is 19.3. The Morgan fingerprint density at radius 2 is 2.24 bits per heavy atom. The van der Waals surface area contributed by atoms with Crippen LogP contribution in [0.1, 0.15) is 12.0 Å². The van der Waals surface area contributed by atoms with Gasteiger partial charge in [0.05, 0.1) is 12.5 Å². The molecule has 0 aliphatic heterocycles. The molecule has 0 saturated carbocycles. The van der Waals surface area contributed by atoms with Crippen molar-refractivity contribution >= 4 is 18.0 Å². The summed E-state index contributed by atoms with van der Waals surface area (Å²) in [5.41, 5.74) is 0.210. The minimum Gasteiger partial charge on any atom is -0.480 e. The number of benzene rings is 1. The van der Waals surface area contributed by atoms with E-state index in [0.29, 0.717) is 0 Å². The number of hydrogen-bond donors (Lipinski definition) is 2. The Morgan fingerprint density at radius 3 is 2.90 bits per heavy atom. The van der Waals surface area contributed by atoms with Crippen molar-refractivity contribution < 1.29 is 23.8 Å². The van der Waals surface area contributed by atoms with Crippen LogP contribution in [0, 0.1) is 17.1 Å². The van der Waals surface area contributed by atoms with Crippen LogP contribution >= 0.6 is 0 Å². The average Bonchev–Trinajstić information content (AvgIpc) is 2.44. The molecule has 0 radical (unpaired) electrons. The van der Waals surface area contributed by atoms with Crippen molar-refractivity contribution in [2.24, 2.45) is 0 Å². The van der Waals surface area contributed by atoms with E-state index in [2.05, 4.69) is 5.32 Å². The molecular weight excluding hydrogens is 279 g/mol.